The van der Waals surface area contributed by atoms with Crippen molar-refractivity contribution in [1.29, 1.82) is 0 Å². The molecule has 2 aliphatic heterocycles. The minimum Gasteiger partial charge on any atom is -0.486 e. The number of carbonyl (C=O) groups is 1. The summed E-state index contributed by atoms with van der Waals surface area (Å²) < 4.78 is 19.0. The molecule has 2 aromatic carbocycles. The van der Waals surface area contributed by atoms with E-state index < -0.39 is 0 Å². The monoisotopic (exact) mass is 467 g/mol. The average Bonchev–Trinajstić information content (AvgIpc) is 3.36. The molecule has 0 bridgehead atoms. The van der Waals surface area contributed by atoms with Gasteiger partial charge in [-0.25, -0.2) is 4.98 Å². The quantitative estimate of drug-likeness (QED) is 0.422. The molecule has 5 rings (SSSR count). The highest BCUT2D eigenvalue weighted by atomic mass is 32.2. The number of rotatable bonds is 7. The number of hydrogen-bond acceptors (Lipinski definition) is 7. The van der Waals surface area contributed by atoms with Crippen LogP contribution in [0.1, 0.15) is 12.8 Å². The van der Waals surface area contributed by atoms with Crippen LogP contribution >= 0.6 is 11.8 Å². The predicted molar refractivity (Wildman–Crippen MR) is 125 cm³/mol. The smallest absolute Gasteiger partial charge is 0.262 e. The van der Waals surface area contributed by atoms with Gasteiger partial charge >= 0.3 is 0 Å². The number of ether oxygens (including phenoxy) is 3. The molecule has 172 valence electrons. The largest absolute Gasteiger partial charge is 0.486 e. The van der Waals surface area contributed by atoms with Gasteiger partial charge in [0.05, 0.1) is 35.8 Å². The molecule has 0 saturated carbocycles. The summed E-state index contributed by atoms with van der Waals surface area (Å²) in [5.74, 6) is 1.37. The van der Waals surface area contributed by atoms with E-state index in [1.807, 2.05) is 42.5 Å². The molecule has 0 spiro atoms. The molecule has 0 aliphatic carbocycles. The standard InChI is InChI=1S/C24H25N3O5S/c28-22(25-12-17-14-31-20-9-3-4-10-21(20)32-17)15-33-24-26-19-8-2-1-7-18(19)23(29)27(24)13-16-6-5-11-30-16/h1-4,7-10,16-17H,5-6,11-15H2,(H,25,28)/t16-,17+/m1/s1. The molecular weight excluding hydrogens is 442 g/mol. The zero-order chi connectivity index (χ0) is 22.6. The molecule has 1 amide bonds. The van der Waals surface area contributed by atoms with Crippen molar-refractivity contribution in [3.05, 3.63) is 58.9 Å². The number of amides is 1. The Morgan fingerprint density at radius 2 is 1.94 bits per heavy atom. The topological polar surface area (TPSA) is 91.7 Å². The zero-order valence-corrected chi connectivity index (χ0v) is 18.9. The van der Waals surface area contributed by atoms with Crippen LogP contribution in [0.25, 0.3) is 10.9 Å². The summed E-state index contributed by atoms with van der Waals surface area (Å²) in [6, 6.07) is 14.7. The minimum absolute atomic E-state index is 0.00910. The molecule has 9 heteroatoms. The van der Waals surface area contributed by atoms with Crippen LogP contribution in [0, 0.1) is 0 Å². The van der Waals surface area contributed by atoms with E-state index in [1.54, 1.807) is 10.6 Å². The summed E-state index contributed by atoms with van der Waals surface area (Å²) in [5, 5.41) is 3.99. The lowest BCUT2D eigenvalue weighted by Crippen LogP contribution is -2.41. The fourth-order valence-electron chi connectivity index (χ4n) is 3.98. The lowest BCUT2D eigenvalue weighted by molar-refractivity contribution is -0.119. The number of para-hydroxylation sites is 3. The molecule has 8 nitrogen and oxygen atoms in total. The van der Waals surface area contributed by atoms with Crippen LogP contribution in [0.5, 0.6) is 11.5 Å². The highest BCUT2D eigenvalue weighted by Gasteiger charge is 2.23. The Balaban J connectivity index is 1.24. The first-order valence-corrected chi connectivity index (χ1v) is 12.0. The van der Waals surface area contributed by atoms with Crippen LogP contribution < -0.4 is 20.3 Å². The summed E-state index contributed by atoms with van der Waals surface area (Å²) in [7, 11) is 0. The molecule has 2 atom stereocenters. The number of nitrogens with one attached hydrogen (secondary N) is 1. The van der Waals surface area contributed by atoms with Gasteiger partial charge in [0.2, 0.25) is 5.91 Å². The number of nitrogens with zero attached hydrogens (tertiary/aromatic N) is 2. The van der Waals surface area contributed by atoms with Crippen LogP contribution in [-0.4, -0.2) is 53.2 Å². The number of fused-ring (bicyclic) bond motifs is 2. The summed E-state index contributed by atoms with van der Waals surface area (Å²) in [5.41, 5.74) is 0.519. The SMILES string of the molecule is O=C(CSc1nc2ccccc2c(=O)n1C[C@H]1CCCO1)NC[C@H]1COc2ccccc2O1. The first kappa shape index (κ1) is 21.8. The lowest BCUT2D eigenvalue weighted by atomic mass is 10.2. The highest BCUT2D eigenvalue weighted by Crippen LogP contribution is 2.30. The van der Waals surface area contributed by atoms with E-state index in [0.29, 0.717) is 53.9 Å². The average molecular weight is 468 g/mol. The second kappa shape index (κ2) is 9.84. The van der Waals surface area contributed by atoms with Gasteiger partial charge in [0.15, 0.2) is 16.7 Å². The van der Waals surface area contributed by atoms with Crippen LogP contribution in [0.15, 0.2) is 58.5 Å². The lowest BCUT2D eigenvalue weighted by Gasteiger charge is -2.26. The van der Waals surface area contributed by atoms with Gasteiger partial charge in [0.25, 0.3) is 5.56 Å². The van der Waals surface area contributed by atoms with Crippen molar-refractivity contribution < 1.29 is 19.0 Å². The number of hydrogen-bond donors (Lipinski definition) is 1. The second-order valence-electron chi connectivity index (χ2n) is 8.05. The summed E-state index contributed by atoms with van der Waals surface area (Å²) in [6.07, 6.45) is 1.63. The van der Waals surface area contributed by atoms with Crippen molar-refractivity contribution in [2.24, 2.45) is 0 Å². The third-order valence-electron chi connectivity index (χ3n) is 5.66. The predicted octanol–water partition coefficient (Wildman–Crippen LogP) is 2.62. The van der Waals surface area contributed by atoms with Gasteiger partial charge in [0, 0.05) is 6.61 Å². The molecule has 33 heavy (non-hydrogen) atoms. The van der Waals surface area contributed by atoms with Gasteiger partial charge in [-0.15, -0.1) is 0 Å². The molecule has 0 unspecified atom stereocenters. The third-order valence-corrected chi connectivity index (χ3v) is 6.64. The van der Waals surface area contributed by atoms with Gasteiger partial charge in [-0.05, 0) is 37.1 Å². The van der Waals surface area contributed by atoms with Crippen molar-refractivity contribution >= 4 is 28.6 Å². The van der Waals surface area contributed by atoms with Crippen LogP contribution in [0.2, 0.25) is 0 Å². The Hall–Kier alpha value is -3.04. The Labute approximate surface area is 195 Å². The van der Waals surface area contributed by atoms with Crippen LogP contribution in [0.3, 0.4) is 0 Å². The maximum atomic E-state index is 13.1. The molecule has 1 aromatic heterocycles. The molecule has 3 heterocycles. The van der Waals surface area contributed by atoms with Crippen molar-refractivity contribution in [3.63, 3.8) is 0 Å². The molecule has 0 radical (unpaired) electrons. The van der Waals surface area contributed by atoms with Gasteiger partial charge in [-0.1, -0.05) is 36.0 Å². The van der Waals surface area contributed by atoms with E-state index in [4.69, 9.17) is 14.2 Å². The van der Waals surface area contributed by atoms with Crippen molar-refractivity contribution in [3.8, 4) is 11.5 Å². The van der Waals surface area contributed by atoms with Crippen LogP contribution in [-0.2, 0) is 16.1 Å². The van der Waals surface area contributed by atoms with E-state index in [9.17, 15) is 9.59 Å². The Kier molecular flexibility index (Phi) is 6.50. The Morgan fingerprint density at radius 3 is 2.79 bits per heavy atom. The van der Waals surface area contributed by atoms with Gasteiger partial charge in [0.1, 0.15) is 12.7 Å². The Morgan fingerprint density at radius 1 is 1.12 bits per heavy atom. The minimum atomic E-state index is -0.259. The molecule has 1 N–H and O–H groups in total. The van der Waals surface area contributed by atoms with E-state index in [2.05, 4.69) is 10.3 Å². The maximum absolute atomic E-state index is 13.1. The number of carbonyl (C=O) groups excluding carboxylic acids is 1. The van der Waals surface area contributed by atoms with Gasteiger partial charge < -0.3 is 19.5 Å². The van der Waals surface area contributed by atoms with Crippen molar-refractivity contribution in [2.75, 3.05) is 25.5 Å². The highest BCUT2D eigenvalue weighted by molar-refractivity contribution is 7.99. The van der Waals surface area contributed by atoms with Crippen molar-refractivity contribution in [2.45, 2.75) is 36.8 Å². The Bertz CT molecular complexity index is 1210. The first-order valence-electron chi connectivity index (χ1n) is 11.1. The second-order valence-corrected chi connectivity index (χ2v) is 9.00. The van der Waals surface area contributed by atoms with E-state index in [-0.39, 0.29) is 29.4 Å². The molecular formula is C24H25N3O5S. The van der Waals surface area contributed by atoms with E-state index in [0.717, 1.165) is 12.8 Å². The van der Waals surface area contributed by atoms with E-state index >= 15 is 0 Å². The number of aromatic nitrogens is 2. The molecule has 1 saturated heterocycles. The first-order chi connectivity index (χ1) is 16.2. The van der Waals surface area contributed by atoms with E-state index in [1.165, 1.54) is 11.8 Å². The number of thioether (sulfide) groups is 1. The molecule has 1 fully saturated rings. The zero-order valence-electron chi connectivity index (χ0n) is 18.1. The maximum Gasteiger partial charge on any atom is 0.262 e. The summed E-state index contributed by atoms with van der Waals surface area (Å²) >= 11 is 1.25. The normalized spacial score (nSPS) is 19.5. The van der Waals surface area contributed by atoms with Gasteiger partial charge in [-0.3, -0.25) is 14.2 Å². The third kappa shape index (κ3) is 4.99. The molecule has 2 aliphatic rings. The van der Waals surface area contributed by atoms with Crippen LogP contribution in [0.4, 0.5) is 0 Å². The fourth-order valence-corrected chi connectivity index (χ4v) is 4.82. The number of benzene rings is 2. The summed E-state index contributed by atoms with van der Waals surface area (Å²) in [4.78, 5) is 30.3. The van der Waals surface area contributed by atoms with Gasteiger partial charge in [-0.2, -0.15) is 0 Å². The molecule has 3 aromatic rings. The summed E-state index contributed by atoms with van der Waals surface area (Å²) in [6.45, 7) is 1.86. The van der Waals surface area contributed by atoms with Crippen molar-refractivity contribution in [1.82, 2.24) is 14.9 Å². The fraction of sp³-hybridized carbons (Fsp3) is 0.375.